The van der Waals surface area contributed by atoms with Gasteiger partial charge in [-0.05, 0) is 28.4 Å². The highest BCUT2D eigenvalue weighted by molar-refractivity contribution is 9.10. The van der Waals surface area contributed by atoms with Crippen LogP contribution in [0.3, 0.4) is 0 Å². The number of nitrogens with one attached hydrogen (secondary N) is 1. The lowest BCUT2D eigenvalue weighted by Gasteiger charge is -2.08. The third kappa shape index (κ3) is 2.99. The summed E-state index contributed by atoms with van der Waals surface area (Å²) in [5, 5.41) is 7.64. The number of pyridine rings is 1. The molecule has 0 atom stereocenters. The van der Waals surface area contributed by atoms with Crippen molar-refractivity contribution in [2.24, 2.45) is 0 Å². The van der Waals surface area contributed by atoms with Crippen molar-refractivity contribution in [3.8, 4) is 0 Å². The van der Waals surface area contributed by atoms with Crippen LogP contribution in [-0.4, -0.2) is 28.8 Å². The van der Waals surface area contributed by atoms with Gasteiger partial charge in [0.25, 0.3) is 0 Å². The summed E-state index contributed by atoms with van der Waals surface area (Å²) < 4.78 is 28.7. The summed E-state index contributed by atoms with van der Waals surface area (Å²) in [6, 6.07) is 1.67. The van der Waals surface area contributed by atoms with E-state index in [1.165, 1.54) is 6.33 Å². The Balaban J connectivity index is 2.34. The Hall–Kier alpha value is -1.15. The van der Waals surface area contributed by atoms with Crippen LogP contribution < -0.4 is 4.72 Å². The molecule has 18 heavy (non-hydrogen) atoms. The SMILES string of the molecule is CCCCS(=O)(=O)Nc1cc(Br)cn2cnnc12. The highest BCUT2D eigenvalue weighted by Crippen LogP contribution is 2.21. The van der Waals surface area contributed by atoms with Crippen molar-refractivity contribution in [3.05, 3.63) is 23.1 Å². The van der Waals surface area contributed by atoms with Gasteiger partial charge in [0.05, 0.1) is 11.4 Å². The quantitative estimate of drug-likeness (QED) is 0.908. The Morgan fingerprint density at radius 2 is 2.28 bits per heavy atom. The van der Waals surface area contributed by atoms with Gasteiger partial charge in [-0.3, -0.25) is 9.12 Å². The molecule has 0 aromatic carbocycles. The van der Waals surface area contributed by atoms with Crippen LogP contribution in [0.25, 0.3) is 5.65 Å². The first kappa shape index (κ1) is 13.3. The van der Waals surface area contributed by atoms with Crippen LogP contribution in [0.15, 0.2) is 23.1 Å². The molecule has 0 saturated heterocycles. The van der Waals surface area contributed by atoms with Crippen molar-refractivity contribution < 1.29 is 8.42 Å². The van der Waals surface area contributed by atoms with Gasteiger partial charge < -0.3 is 0 Å². The van der Waals surface area contributed by atoms with Crippen molar-refractivity contribution in [2.45, 2.75) is 19.8 Å². The zero-order valence-electron chi connectivity index (χ0n) is 9.80. The highest BCUT2D eigenvalue weighted by atomic mass is 79.9. The lowest BCUT2D eigenvalue weighted by atomic mass is 10.4. The first-order chi connectivity index (χ1) is 8.52. The van der Waals surface area contributed by atoms with E-state index in [1.807, 2.05) is 6.92 Å². The summed E-state index contributed by atoms with van der Waals surface area (Å²) in [5.41, 5.74) is 0.913. The molecule has 0 aliphatic heterocycles. The number of anilines is 1. The highest BCUT2D eigenvalue weighted by Gasteiger charge is 2.13. The molecule has 2 heterocycles. The van der Waals surface area contributed by atoms with Gasteiger partial charge in [0.1, 0.15) is 6.33 Å². The minimum absolute atomic E-state index is 0.107. The summed E-state index contributed by atoms with van der Waals surface area (Å²) in [6.45, 7) is 1.95. The largest absolute Gasteiger partial charge is 0.286 e. The number of halogens is 1. The summed E-state index contributed by atoms with van der Waals surface area (Å²) in [6.07, 6.45) is 4.75. The van der Waals surface area contributed by atoms with Gasteiger partial charge >= 0.3 is 0 Å². The van der Waals surface area contributed by atoms with Crippen LogP contribution in [0.1, 0.15) is 19.8 Å². The molecule has 0 spiro atoms. The number of nitrogens with zero attached hydrogens (tertiary/aromatic N) is 3. The smallest absolute Gasteiger partial charge is 0.232 e. The van der Waals surface area contributed by atoms with Crippen LogP contribution >= 0.6 is 15.9 Å². The molecule has 0 amide bonds. The molecule has 2 aromatic rings. The fourth-order valence-corrected chi connectivity index (χ4v) is 3.24. The number of aromatic nitrogens is 3. The minimum atomic E-state index is -3.33. The third-order valence-electron chi connectivity index (χ3n) is 2.39. The Morgan fingerprint density at radius 1 is 1.50 bits per heavy atom. The monoisotopic (exact) mass is 332 g/mol. The number of unbranched alkanes of at least 4 members (excludes halogenated alkanes) is 1. The van der Waals surface area contributed by atoms with Gasteiger partial charge in [-0.15, -0.1) is 10.2 Å². The van der Waals surface area contributed by atoms with Crippen LogP contribution in [0, 0.1) is 0 Å². The predicted molar refractivity (Wildman–Crippen MR) is 73.0 cm³/mol. The molecule has 1 N–H and O–H groups in total. The van der Waals surface area contributed by atoms with Crippen LogP contribution in [-0.2, 0) is 10.0 Å². The van der Waals surface area contributed by atoms with E-state index in [9.17, 15) is 8.42 Å². The van der Waals surface area contributed by atoms with Gasteiger partial charge in [0, 0.05) is 10.7 Å². The molecular formula is C10H13BrN4O2S. The second-order valence-corrected chi connectivity index (χ2v) is 6.67. The molecule has 0 bridgehead atoms. The number of hydrogen-bond acceptors (Lipinski definition) is 4. The van der Waals surface area contributed by atoms with Crippen LogP contribution in [0.4, 0.5) is 5.69 Å². The van der Waals surface area contributed by atoms with E-state index < -0.39 is 10.0 Å². The maximum atomic E-state index is 11.9. The first-order valence-corrected chi connectivity index (χ1v) is 7.96. The Bertz CT molecular complexity index is 653. The van der Waals surface area contributed by atoms with Crippen molar-refractivity contribution in [1.29, 1.82) is 0 Å². The summed E-state index contributed by atoms with van der Waals surface area (Å²) in [7, 11) is -3.33. The second-order valence-electron chi connectivity index (χ2n) is 3.91. The molecule has 6 nitrogen and oxygen atoms in total. The number of sulfonamides is 1. The molecule has 2 rings (SSSR count). The Kier molecular flexibility index (Phi) is 3.86. The van der Waals surface area contributed by atoms with E-state index in [0.29, 0.717) is 17.8 Å². The molecule has 0 aliphatic carbocycles. The number of fused-ring (bicyclic) bond motifs is 1. The Labute approximate surface area is 114 Å². The summed E-state index contributed by atoms with van der Waals surface area (Å²) in [4.78, 5) is 0. The van der Waals surface area contributed by atoms with Gasteiger partial charge in [0.15, 0.2) is 5.65 Å². The zero-order valence-corrected chi connectivity index (χ0v) is 12.2. The lowest BCUT2D eigenvalue weighted by molar-refractivity contribution is 0.598. The van der Waals surface area contributed by atoms with E-state index in [2.05, 4.69) is 30.8 Å². The molecule has 2 aromatic heterocycles. The van der Waals surface area contributed by atoms with Crippen LogP contribution in [0.2, 0.25) is 0 Å². The third-order valence-corrected chi connectivity index (χ3v) is 4.18. The van der Waals surface area contributed by atoms with Gasteiger partial charge in [-0.25, -0.2) is 8.42 Å². The van der Waals surface area contributed by atoms with E-state index in [0.717, 1.165) is 10.9 Å². The fraction of sp³-hybridized carbons (Fsp3) is 0.400. The molecule has 98 valence electrons. The normalized spacial score (nSPS) is 11.9. The first-order valence-electron chi connectivity index (χ1n) is 5.51. The van der Waals surface area contributed by atoms with E-state index >= 15 is 0 Å². The van der Waals surface area contributed by atoms with Crippen molar-refractivity contribution in [2.75, 3.05) is 10.5 Å². The minimum Gasteiger partial charge on any atom is -0.286 e. The second kappa shape index (κ2) is 5.23. The predicted octanol–water partition coefficient (Wildman–Crippen LogP) is 2.03. The topological polar surface area (TPSA) is 76.4 Å². The van der Waals surface area contributed by atoms with Crippen molar-refractivity contribution >= 4 is 37.3 Å². The zero-order chi connectivity index (χ0) is 13.2. The van der Waals surface area contributed by atoms with E-state index in [-0.39, 0.29) is 5.75 Å². The van der Waals surface area contributed by atoms with Crippen LogP contribution in [0.5, 0.6) is 0 Å². The molecular weight excluding hydrogens is 320 g/mol. The average molecular weight is 333 g/mol. The molecule has 0 saturated carbocycles. The average Bonchev–Trinajstić information content (AvgIpc) is 2.74. The molecule has 0 aliphatic rings. The van der Waals surface area contributed by atoms with Gasteiger partial charge in [-0.2, -0.15) is 0 Å². The van der Waals surface area contributed by atoms with E-state index in [4.69, 9.17) is 0 Å². The standard InChI is InChI=1S/C10H13BrN4O2S/c1-2-3-4-18(16,17)14-9-5-8(11)6-15-7-12-13-10(9)15/h5-7,14H,2-4H2,1H3. The fourth-order valence-electron chi connectivity index (χ4n) is 1.53. The van der Waals surface area contributed by atoms with Crippen molar-refractivity contribution in [3.63, 3.8) is 0 Å². The summed E-state index contributed by atoms with van der Waals surface area (Å²) in [5.74, 6) is 0.107. The number of hydrogen-bond donors (Lipinski definition) is 1. The maximum absolute atomic E-state index is 11.9. The maximum Gasteiger partial charge on any atom is 0.232 e. The van der Waals surface area contributed by atoms with Gasteiger partial charge in [-0.1, -0.05) is 13.3 Å². The lowest BCUT2D eigenvalue weighted by Crippen LogP contribution is -2.17. The Morgan fingerprint density at radius 3 is 3.00 bits per heavy atom. The molecule has 8 heteroatoms. The molecule has 0 fully saturated rings. The molecule has 0 radical (unpaired) electrons. The van der Waals surface area contributed by atoms with Crippen molar-refractivity contribution in [1.82, 2.24) is 14.6 Å². The number of rotatable bonds is 5. The summed E-state index contributed by atoms with van der Waals surface area (Å²) >= 11 is 3.32. The van der Waals surface area contributed by atoms with E-state index in [1.54, 1.807) is 16.7 Å². The van der Waals surface area contributed by atoms with Gasteiger partial charge in [0.2, 0.25) is 10.0 Å². The molecule has 0 unspecified atom stereocenters.